The Morgan fingerprint density at radius 2 is 1.45 bits per heavy atom. The predicted octanol–water partition coefficient (Wildman–Crippen LogP) is 4.78. The molecule has 0 saturated heterocycles. The number of fused-ring (bicyclic) bond motifs is 2. The molecule has 2 aliphatic carbocycles. The summed E-state index contributed by atoms with van der Waals surface area (Å²) in [6.45, 7) is 1.62. The number of hydrogen-bond donors (Lipinski definition) is 0. The molecule has 0 aromatic heterocycles. The zero-order valence-electron chi connectivity index (χ0n) is 11.0. The monoisotopic (exact) mass is 342 g/mol. The zero-order chi connectivity index (χ0) is 17.2. The van der Waals surface area contributed by atoms with Crippen LogP contribution in [0, 0.1) is 11.3 Å². The molecule has 0 spiro atoms. The number of rotatable bonds is 4. The maximum atomic E-state index is 13.4. The summed E-state index contributed by atoms with van der Waals surface area (Å²) in [6, 6.07) is 0. The van der Waals surface area contributed by atoms with Gasteiger partial charge in [0.15, 0.2) is 0 Å². The number of allylic oxidation sites excluding steroid dienone is 1. The SMILES string of the molecule is CC12C=CC(C1)C(OC(F)(F)C(F)(F)C(F)(F)C(F)(F)F)C2. The lowest BCUT2D eigenvalue weighted by atomic mass is 9.90. The van der Waals surface area contributed by atoms with Crippen LogP contribution in [0.25, 0.3) is 0 Å². The van der Waals surface area contributed by atoms with Gasteiger partial charge in [-0.3, -0.25) is 0 Å². The minimum atomic E-state index is -6.92. The first-order chi connectivity index (χ1) is 9.63. The molecular weight excluding hydrogens is 331 g/mol. The highest BCUT2D eigenvalue weighted by atomic mass is 19.4. The van der Waals surface area contributed by atoms with Crippen molar-refractivity contribution in [3.8, 4) is 0 Å². The molecule has 10 heteroatoms. The van der Waals surface area contributed by atoms with E-state index in [1.165, 1.54) is 6.08 Å². The molecule has 0 N–H and O–H groups in total. The van der Waals surface area contributed by atoms with Crippen LogP contribution in [0.3, 0.4) is 0 Å². The molecule has 1 fully saturated rings. The first-order valence-electron chi connectivity index (χ1n) is 6.20. The highest BCUT2D eigenvalue weighted by molar-refractivity contribution is 5.17. The number of ether oxygens (including phenoxy) is 1. The van der Waals surface area contributed by atoms with E-state index in [1.807, 2.05) is 0 Å². The fraction of sp³-hybridized carbons (Fsp3) is 0.833. The van der Waals surface area contributed by atoms with E-state index in [0.29, 0.717) is 0 Å². The highest BCUT2D eigenvalue weighted by Gasteiger charge is 2.83. The Balaban J connectivity index is 2.21. The molecule has 3 unspecified atom stereocenters. The third kappa shape index (κ3) is 2.39. The zero-order valence-corrected chi connectivity index (χ0v) is 11.0. The van der Waals surface area contributed by atoms with Crippen LogP contribution >= 0.6 is 0 Å². The van der Waals surface area contributed by atoms with Crippen molar-refractivity contribution in [1.29, 1.82) is 0 Å². The van der Waals surface area contributed by atoms with Gasteiger partial charge in [0.2, 0.25) is 0 Å². The third-order valence-electron chi connectivity index (χ3n) is 4.01. The fourth-order valence-corrected chi connectivity index (χ4v) is 2.80. The van der Waals surface area contributed by atoms with Crippen molar-refractivity contribution in [2.45, 2.75) is 50.0 Å². The summed E-state index contributed by atoms with van der Waals surface area (Å²) in [7, 11) is 0. The molecule has 22 heavy (non-hydrogen) atoms. The van der Waals surface area contributed by atoms with Crippen molar-refractivity contribution >= 4 is 0 Å². The highest BCUT2D eigenvalue weighted by Crippen LogP contribution is 2.56. The van der Waals surface area contributed by atoms with Gasteiger partial charge in [-0.2, -0.15) is 39.5 Å². The molecular formula is C12H11F9O. The Labute approximate surface area is 119 Å². The summed E-state index contributed by atoms with van der Waals surface area (Å²) in [5.74, 6) is -14.3. The van der Waals surface area contributed by atoms with E-state index in [0.717, 1.165) is 0 Å². The molecule has 2 rings (SSSR count). The van der Waals surface area contributed by atoms with E-state index < -0.39 is 41.6 Å². The average molecular weight is 342 g/mol. The van der Waals surface area contributed by atoms with Crippen LogP contribution in [0.1, 0.15) is 19.8 Å². The first-order valence-corrected chi connectivity index (χ1v) is 6.20. The van der Waals surface area contributed by atoms with Gasteiger partial charge in [0, 0.05) is 5.92 Å². The van der Waals surface area contributed by atoms with Gasteiger partial charge in [-0.25, -0.2) is 0 Å². The van der Waals surface area contributed by atoms with Gasteiger partial charge in [0.25, 0.3) is 0 Å². The summed E-state index contributed by atoms with van der Waals surface area (Å²) >= 11 is 0. The van der Waals surface area contributed by atoms with Crippen molar-refractivity contribution in [3.05, 3.63) is 12.2 Å². The van der Waals surface area contributed by atoms with E-state index in [9.17, 15) is 39.5 Å². The second-order valence-corrected chi connectivity index (χ2v) is 5.90. The maximum absolute atomic E-state index is 13.4. The summed E-state index contributed by atoms with van der Waals surface area (Å²) < 4.78 is 118. The molecule has 0 amide bonds. The molecule has 2 aliphatic rings. The molecule has 1 saturated carbocycles. The first kappa shape index (κ1) is 17.4. The van der Waals surface area contributed by atoms with Crippen molar-refractivity contribution in [2.24, 2.45) is 11.3 Å². The predicted molar refractivity (Wildman–Crippen MR) is 55.7 cm³/mol. The summed E-state index contributed by atoms with van der Waals surface area (Å²) in [5.41, 5.74) is -0.604. The van der Waals surface area contributed by atoms with E-state index in [2.05, 4.69) is 4.74 Å². The van der Waals surface area contributed by atoms with Crippen molar-refractivity contribution in [1.82, 2.24) is 0 Å². The van der Waals surface area contributed by atoms with Crippen LogP contribution < -0.4 is 0 Å². The average Bonchev–Trinajstić information content (AvgIpc) is 2.81. The summed E-state index contributed by atoms with van der Waals surface area (Å²) in [6.07, 6.45) is -11.1. The van der Waals surface area contributed by atoms with Crippen LogP contribution in [-0.4, -0.2) is 30.2 Å². The van der Waals surface area contributed by atoms with E-state index in [1.54, 1.807) is 13.0 Å². The minimum Gasteiger partial charge on any atom is -0.312 e. The molecule has 2 bridgehead atoms. The smallest absolute Gasteiger partial charge is 0.312 e. The molecule has 3 atom stereocenters. The lowest BCUT2D eigenvalue weighted by Gasteiger charge is -2.35. The van der Waals surface area contributed by atoms with Gasteiger partial charge in [-0.15, -0.1) is 0 Å². The molecule has 0 aromatic rings. The standard InChI is InChI=1S/C12H11F9O/c1-8-3-2-6(4-8)7(5-8)22-12(20,21)10(15,16)9(13,14)11(17,18)19/h2-3,6-7H,4-5H2,1H3. The number of halogens is 9. The second kappa shape index (κ2) is 4.55. The number of hydrogen-bond acceptors (Lipinski definition) is 1. The molecule has 0 aliphatic heterocycles. The van der Waals surface area contributed by atoms with Gasteiger partial charge in [-0.05, 0) is 18.3 Å². The normalized spacial score (nSPS) is 32.8. The third-order valence-corrected chi connectivity index (χ3v) is 4.01. The Hall–Kier alpha value is -0.930. The Morgan fingerprint density at radius 1 is 0.909 bits per heavy atom. The van der Waals surface area contributed by atoms with Crippen LogP contribution in [-0.2, 0) is 4.74 Å². The largest absolute Gasteiger partial charge is 0.460 e. The van der Waals surface area contributed by atoms with Gasteiger partial charge < -0.3 is 4.74 Å². The van der Waals surface area contributed by atoms with E-state index in [4.69, 9.17) is 0 Å². The van der Waals surface area contributed by atoms with E-state index >= 15 is 0 Å². The van der Waals surface area contributed by atoms with Crippen LogP contribution in [0.2, 0.25) is 0 Å². The fourth-order valence-electron chi connectivity index (χ4n) is 2.80. The molecule has 1 nitrogen and oxygen atoms in total. The van der Waals surface area contributed by atoms with Crippen molar-refractivity contribution in [2.75, 3.05) is 0 Å². The van der Waals surface area contributed by atoms with Gasteiger partial charge in [-0.1, -0.05) is 19.1 Å². The van der Waals surface area contributed by atoms with Crippen molar-refractivity contribution in [3.63, 3.8) is 0 Å². The lowest BCUT2D eigenvalue weighted by molar-refractivity contribution is -0.450. The topological polar surface area (TPSA) is 9.23 Å². The Kier molecular flexibility index (Phi) is 3.60. The number of alkyl halides is 9. The van der Waals surface area contributed by atoms with Crippen LogP contribution in [0.15, 0.2) is 12.2 Å². The lowest BCUT2D eigenvalue weighted by Crippen LogP contribution is -2.62. The summed E-state index contributed by atoms with van der Waals surface area (Å²) in [4.78, 5) is 0. The quantitative estimate of drug-likeness (QED) is 0.528. The molecule has 0 radical (unpaired) electrons. The van der Waals surface area contributed by atoms with Crippen LogP contribution in [0.4, 0.5) is 39.5 Å². The molecule has 0 heterocycles. The van der Waals surface area contributed by atoms with Gasteiger partial charge >= 0.3 is 24.1 Å². The van der Waals surface area contributed by atoms with Crippen molar-refractivity contribution < 1.29 is 44.3 Å². The molecule has 0 aromatic carbocycles. The maximum Gasteiger partial charge on any atom is 0.460 e. The van der Waals surface area contributed by atoms with Gasteiger partial charge in [0.1, 0.15) is 0 Å². The minimum absolute atomic E-state index is 0.155. The van der Waals surface area contributed by atoms with Crippen LogP contribution in [0.5, 0.6) is 0 Å². The second-order valence-electron chi connectivity index (χ2n) is 5.90. The van der Waals surface area contributed by atoms with Gasteiger partial charge in [0.05, 0.1) is 6.10 Å². The Morgan fingerprint density at radius 3 is 1.82 bits per heavy atom. The summed E-state index contributed by atoms with van der Waals surface area (Å²) in [5, 5.41) is 0. The Bertz CT molecular complexity index is 481. The van der Waals surface area contributed by atoms with E-state index in [-0.39, 0.29) is 12.8 Å². The molecule has 128 valence electrons.